The maximum atomic E-state index is 10.2. The van der Waals surface area contributed by atoms with Crippen molar-refractivity contribution in [3.8, 4) is 0 Å². The average Bonchev–Trinajstić information content (AvgIpc) is 2.37. The molecule has 0 spiro atoms. The van der Waals surface area contributed by atoms with Crippen LogP contribution in [-0.2, 0) is 13.1 Å². The summed E-state index contributed by atoms with van der Waals surface area (Å²) in [4.78, 5) is 9.05. The van der Waals surface area contributed by atoms with E-state index in [0.29, 0.717) is 0 Å². The zero-order valence-corrected chi connectivity index (χ0v) is 10.5. The van der Waals surface area contributed by atoms with E-state index in [0.717, 1.165) is 57.2 Å². The molecule has 1 aromatic heterocycles. The van der Waals surface area contributed by atoms with Crippen LogP contribution in [0, 0.1) is 0 Å². The van der Waals surface area contributed by atoms with Crippen molar-refractivity contribution in [2.24, 2.45) is 0 Å². The lowest BCUT2D eigenvalue weighted by Crippen LogP contribution is -2.53. The zero-order valence-electron chi connectivity index (χ0n) is 10.5. The molecule has 3 aliphatic rings. The van der Waals surface area contributed by atoms with Crippen LogP contribution in [0.2, 0.25) is 0 Å². The van der Waals surface area contributed by atoms with Gasteiger partial charge < -0.3 is 10.4 Å². The number of nitrogens with zero attached hydrogens (tertiary/aromatic N) is 3. The molecule has 0 aliphatic carbocycles. The summed E-state index contributed by atoms with van der Waals surface area (Å²) in [5, 5.41) is 13.6. The number of aliphatic hydroxyl groups is 1. The molecule has 0 saturated carbocycles. The number of rotatable bonds is 0. The summed E-state index contributed by atoms with van der Waals surface area (Å²) in [5.74, 6) is 0. The van der Waals surface area contributed by atoms with E-state index >= 15 is 0 Å². The molecule has 5 heteroatoms. The highest BCUT2D eigenvalue weighted by Gasteiger charge is 2.25. The quantitative estimate of drug-likeness (QED) is 0.655. The molecule has 3 aliphatic heterocycles. The molecule has 18 heavy (non-hydrogen) atoms. The molecule has 0 amide bonds. The zero-order chi connectivity index (χ0) is 12.4. The van der Waals surface area contributed by atoms with Crippen LogP contribution in [0.15, 0.2) is 18.2 Å². The van der Waals surface area contributed by atoms with Crippen LogP contribution in [-0.4, -0.2) is 58.8 Å². The van der Waals surface area contributed by atoms with Gasteiger partial charge in [0.1, 0.15) is 6.23 Å². The van der Waals surface area contributed by atoms with E-state index in [-0.39, 0.29) is 6.23 Å². The third-order valence-corrected chi connectivity index (χ3v) is 3.69. The topological polar surface area (TPSA) is 51.6 Å². The number of fused-ring (bicyclic) bond motifs is 5. The second-order valence-corrected chi connectivity index (χ2v) is 5.05. The highest BCUT2D eigenvalue weighted by molar-refractivity contribution is 5.11. The van der Waals surface area contributed by atoms with Crippen molar-refractivity contribution in [2.75, 3.05) is 32.7 Å². The molecule has 1 saturated heterocycles. The summed E-state index contributed by atoms with van der Waals surface area (Å²) < 4.78 is 0. The van der Waals surface area contributed by atoms with E-state index in [1.807, 2.05) is 18.2 Å². The Balaban J connectivity index is 1.83. The molecule has 2 N–H and O–H groups in total. The lowest BCUT2D eigenvalue weighted by atomic mass is 10.2. The maximum Gasteiger partial charge on any atom is 0.120 e. The molecule has 98 valence electrons. The fraction of sp³-hybridized carbons (Fsp3) is 0.615. The van der Waals surface area contributed by atoms with Crippen molar-refractivity contribution in [1.82, 2.24) is 20.1 Å². The maximum absolute atomic E-state index is 10.2. The van der Waals surface area contributed by atoms with Crippen molar-refractivity contribution >= 4 is 0 Å². The number of hydrogen-bond donors (Lipinski definition) is 2. The SMILES string of the molecule is OC1CN2CCNCc3cccc(n3)CN1CC2. The third kappa shape index (κ3) is 2.70. The van der Waals surface area contributed by atoms with E-state index in [4.69, 9.17) is 0 Å². The van der Waals surface area contributed by atoms with Gasteiger partial charge in [-0.1, -0.05) is 6.07 Å². The van der Waals surface area contributed by atoms with E-state index < -0.39 is 0 Å². The minimum atomic E-state index is -0.372. The van der Waals surface area contributed by atoms with E-state index in [1.165, 1.54) is 0 Å². The van der Waals surface area contributed by atoms with Gasteiger partial charge in [-0.15, -0.1) is 0 Å². The van der Waals surface area contributed by atoms with Gasteiger partial charge >= 0.3 is 0 Å². The van der Waals surface area contributed by atoms with Gasteiger partial charge in [-0.2, -0.15) is 0 Å². The molecule has 4 bridgehead atoms. The fourth-order valence-electron chi connectivity index (χ4n) is 2.62. The van der Waals surface area contributed by atoms with Crippen molar-refractivity contribution in [1.29, 1.82) is 0 Å². The number of aliphatic hydroxyl groups excluding tert-OH is 1. The molecule has 3 atom stereocenters. The predicted molar refractivity (Wildman–Crippen MR) is 68.8 cm³/mol. The summed E-state index contributed by atoms with van der Waals surface area (Å²) >= 11 is 0. The monoisotopic (exact) mass is 248 g/mol. The molecule has 1 fully saturated rings. The second kappa shape index (κ2) is 5.32. The first-order valence-electron chi connectivity index (χ1n) is 6.61. The second-order valence-electron chi connectivity index (χ2n) is 5.05. The molecule has 5 nitrogen and oxygen atoms in total. The van der Waals surface area contributed by atoms with Crippen molar-refractivity contribution in [2.45, 2.75) is 19.3 Å². The molecule has 3 unspecified atom stereocenters. The number of piperazine rings is 1. The highest BCUT2D eigenvalue weighted by Crippen LogP contribution is 2.12. The van der Waals surface area contributed by atoms with E-state index in [2.05, 4.69) is 20.1 Å². The van der Waals surface area contributed by atoms with Gasteiger partial charge in [-0.05, 0) is 12.1 Å². The summed E-state index contributed by atoms with van der Waals surface area (Å²) in [5.41, 5.74) is 2.12. The van der Waals surface area contributed by atoms with Crippen molar-refractivity contribution in [3.63, 3.8) is 0 Å². The largest absolute Gasteiger partial charge is 0.377 e. The molecular formula is C13H20N4O. The van der Waals surface area contributed by atoms with Gasteiger partial charge in [0.15, 0.2) is 0 Å². The minimum absolute atomic E-state index is 0.372. The smallest absolute Gasteiger partial charge is 0.120 e. The van der Waals surface area contributed by atoms with E-state index in [9.17, 15) is 5.11 Å². The van der Waals surface area contributed by atoms with Crippen LogP contribution in [0.5, 0.6) is 0 Å². The van der Waals surface area contributed by atoms with Crippen LogP contribution in [0.1, 0.15) is 11.4 Å². The fourth-order valence-corrected chi connectivity index (χ4v) is 2.62. The Hall–Kier alpha value is -1.01. The number of aromatic nitrogens is 1. The summed E-state index contributed by atoms with van der Waals surface area (Å²) in [6.45, 7) is 6.17. The first kappa shape index (κ1) is 12.0. The Bertz CT molecular complexity index is 410. The normalized spacial score (nSPS) is 32.6. The van der Waals surface area contributed by atoms with Gasteiger partial charge in [0, 0.05) is 45.8 Å². The third-order valence-electron chi connectivity index (χ3n) is 3.69. The van der Waals surface area contributed by atoms with E-state index in [1.54, 1.807) is 0 Å². The lowest BCUT2D eigenvalue weighted by molar-refractivity contribution is -0.0607. The number of pyridine rings is 1. The summed E-state index contributed by atoms with van der Waals surface area (Å²) in [6, 6.07) is 6.13. The van der Waals surface area contributed by atoms with Crippen LogP contribution in [0.25, 0.3) is 0 Å². The Morgan fingerprint density at radius 2 is 2.11 bits per heavy atom. The molecule has 0 radical (unpaired) electrons. The average molecular weight is 248 g/mol. The molecule has 0 aromatic carbocycles. The Labute approximate surface area is 107 Å². The predicted octanol–water partition coefficient (Wildman–Crippen LogP) is -0.379. The van der Waals surface area contributed by atoms with Crippen LogP contribution >= 0.6 is 0 Å². The van der Waals surface area contributed by atoms with Crippen LogP contribution < -0.4 is 5.32 Å². The van der Waals surface area contributed by atoms with Gasteiger partial charge in [-0.3, -0.25) is 14.8 Å². The van der Waals surface area contributed by atoms with Gasteiger partial charge in [0.05, 0.1) is 11.4 Å². The van der Waals surface area contributed by atoms with Gasteiger partial charge in [0.2, 0.25) is 0 Å². The number of hydrogen-bond acceptors (Lipinski definition) is 5. The molecular weight excluding hydrogens is 228 g/mol. The van der Waals surface area contributed by atoms with Gasteiger partial charge in [-0.25, -0.2) is 0 Å². The molecule has 4 rings (SSSR count). The summed E-state index contributed by atoms with van der Waals surface area (Å²) in [6.07, 6.45) is -0.372. The molecule has 1 aromatic rings. The van der Waals surface area contributed by atoms with Crippen LogP contribution in [0.4, 0.5) is 0 Å². The Morgan fingerprint density at radius 1 is 1.22 bits per heavy atom. The highest BCUT2D eigenvalue weighted by atomic mass is 16.3. The lowest BCUT2D eigenvalue weighted by Gasteiger charge is -2.38. The standard InChI is InChI=1S/C13H20N4O/c18-13-10-16-5-4-14-8-11-2-1-3-12(15-11)9-17(13)7-6-16/h1-3,13-14,18H,4-10H2. The summed E-state index contributed by atoms with van der Waals surface area (Å²) in [7, 11) is 0. The van der Waals surface area contributed by atoms with Gasteiger partial charge in [0.25, 0.3) is 0 Å². The molecule has 4 heterocycles. The minimum Gasteiger partial charge on any atom is -0.377 e. The van der Waals surface area contributed by atoms with Crippen molar-refractivity contribution in [3.05, 3.63) is 29.6 Å². The first-order chi connectivity index (χ1) is 8.81. The number of nitrogens with one attached hydrogen (secondary N) is 1. The van der Waals surface area contributed by atoms with Crippen molar-refractivity contribution < 1.29 is 5.11 Å². The Morgan fingerprint density at radius 3 is 3.00 bits per heavy atom. The Kier molecular flexibility index (Phi) is 3.56. The first-order valence-corrected chi connectivity index (χ1v) is 6.61. The van der Waals surface area contributed by atoms with Crippen LogP contribution in [0.3, 0.4) is 0 Å².